The number of rotatable bonds is 33. The number of carbonyl (C=O) groups excluding carboxylic acids is 6. The van der Waals surface area contributed by atoms with Gasteiger partial charge in [-0.05, 0) is 71.1 Å². The highest BCUT2D eigenvalue weighted by Crippen LogP contribution is 2.38. The molecule has 0 fully saturated rings. The van der Waals surface area contributed by atoms with Gasteiger partial charge in [-0.15, -0.1) is 0 Å². The summed E-state index contributed by atoms with van der Waals surface area (Å²) in [6.45, 7) is 23.4. The summed E-state index contributed by atoms with van der Waals surface area (Å²) < 4.78 is 71.5. The van der Waals surface area contributed by atoms with Crippen molar-refractivity contribution in [2.45, 2.75) is 295 Å². The smallest absolute Gasteiger partial charge is 0.331 e. The Morgan fingerprint density at radius 1 is 0.552 bits per heavy atom. The quantitative estimate of drug-likeness (QED) is 0.0202. The Morgan fingerprint density at radius 3 is 1.29 bits per heavy atom. The molecule has 4 aliphatic heterocycles. The van der Waals surface area contributed by atoms with Crippen molar-refractivity contribution in [3.8, 4) is 0 Å². The lowest BCUT2D eigenvalue weighted by molar-refractivity contribution is -0.182. The minimum atomic E-state index is -1.55. The highest BCUT2D eigenvalue weighted by atomic mass is 16.6. The van der Waals surface area contributed by atoms with E-state index in [1.54, 1.807) is 109 Å². The zero-order chi connectivity index (χ0) is 87.3. The maximum absolute atomic E-state index is 13.4. The van der Waals surface area contributed by atoms with Crippen molar-refractivity contribution in [3.05, 3.63) is 96.5 Å². The van der Waals surface area contributed by atoms with Gasteiger partial charge in [-0.25, -0.2) is 9.59 Å². The fourth-order valence-electron chi connectivity index (χ4n) is 16.5. The number of aliphatic hydroxyl groups excluding tert-OH is 5. The van der Waals surface area contributed by atoms with Crippen LogP contribution >= 0.6 is 0 Å². The first-order chi connectivity index (χ1) is 54.9. The van der Waals surface area contributed by atoms with E-state index in [-0.39, 0.29) is 104 Å². The van der Waals surface area contributed by atoms with E-state index in [4.69, 9.17) is 56.8 Å². The zero-order valence-corrected chi connectivity index (χ0v) is 74.0. The Labute approximate surface area is 693 Å². The molecule has 2 amide bonds. The van der Waals surface area contributed by atoms with Crippen LogP contribution in [0.1, 0.15) is 180 Å². The molecule has 6 N–H and O–H groups in total. The molecule has 4 rings (SSSR count). The van der Waals surface area contributed by atoms with Gasteiger partial charge in [0, 0.05) is 200 Å². The first kappa shape index (κ1) is 105. The first-order valence-electron chi connectivity index (χ1n) is 41.7. The summed E-state index contributed by atoms with van der Waals surface area (Å²) in [6, 6.07) is 0. The van der Waals surface area contributed by atoms with Crippen molar-refractivity contribution in [1.82, 2.24) is 9.80 Å². The van der Waals surface area contributed by atoms with Crippen molar-refractivity contribution in [3.63, 3.8) is 0 Å². The van der Waals surface area contributed by atoms with E-state index < -0.39 is 132 Å². The van der Waals surface area contributed by atoms with Crippen molar-refractivity contribution in [2.75, 3.05) is 77.6 Å². The summed E-state index contributed by atoms with van der Waals surface area (Å²) in [5, 5.41) is 69.7. The van der Waals surface area contributed by atoms with Crippen LogP contribution in [0.2, 0.25) is 0 Å². The number of hydrogen-bond acceptors (Lipinski definition) is 24. The predicted octanol–water partition coefficient (Wildman–Crippen LogP) is 10.6. The lowest BCUT2D eigenvalue weighted by Crippen LogP contribution is -2.54. The largest absolute Gasteiger partial charge is 0.458 e. The summed E-state index contributed by atoms with van der Waals surface area (Å²) in [4.78, 5) is 78.5. The molecule has 26 nitrogen and oxygen atoms in total. The molecule has 4 heterocycles. The lowest BCUT2D eigenvalue weighted by Gasteiger charge is -2.42. The van der Waals surface area contributed by atoms with E-state index in [2.05, 4.69) is 18.2 Å². The molecule has 664 valence electrons. The molecule has 116 heavy (non-hydrogen) atoms. The number of aliphatic hydroxyl groups is 6. The molecular weight excluding hydrogens is 1490 g/mol. The Kier molecular flexibility index (Phi) is 48.7. The van der Waals surface area contributed by atoms with Gasteiger partial charge >= 0.3 is 11.9 Å². The lowest BCUT2D eigenvalue weighted by atomic mass is 9.78. The number of cyclic esters (lactones) is 2. The number of ether oxygens (including phenoxy) is 12. The van der Waals surface area contributed by atoms with Crippen LogP contribution in [-0.4, -0.2) is 270 Å². The van der Waals surface area contributed by atoms with Crippen LogP contribution < -0.4 is 0 Å². The molecule has 0 unspecified atom stereocenters. The number of methoxy groups -OCH3 is 8. The number of Topliss-reactive ketones (excluding diaryl/α,β-unsaturated/α-hetero) is 2. The molecule has 0 saturated heterocycles. The number of allylic oxidation sites excluding steroid dienone is 4. The standard InChI is InChI=1S/2C45H75NO12/c1-28-16-19-34(53-9)24-35-14-13-15-36(57-35)25-39(54-10)45(7,52)40(55-11)26-38(49)32(5)44(58-41(50)21-17-28)33(6)42(51)29(2)18-20-37(48)31(4)43(56-12)30(3)22-23-46(8)27-47;1-28-15-18-34(53-8)23-35-13-12-14-36(57-35)24-40(54-9)37(26-47)41(55-10)25-39(50)32(5)45(58-42(51)20-16-28)33(6)43(52)29(2)17-19-38(49)31(4)44(56-11)30(3)21-22-46(7)27-48/h13-14,16-17,21-23,27,29-36,38-40,42-44,49,51-52H,15,18-20,24-26H2,1-12H3;12-13,15-16,20-22,27,29-37,39-41,43-45,47,50,52H,14,17-19,23-26H2,1-11H3/b21-17+,23-22+,28-16+;20-16+,22-21+,28-15+/t29-,30+,31-,32-,33-,34-,35-,36-,38+,39-,40-,42-,43+,44-,45-;29-,30+,31-,32-,33-,34-,35-,36-,37+,39+,40-,41-,43-,44+,45-/m00/s1. The van der Waals surface area contributed by atoms with Crippen molar-refractivity contribution in [2.24, 2.45) is 65.1 Å². The topological polar surface area (TPSA) is 341 Å². The maximum Gasteiger partial charge on any atom is 0.331 e. The number of carbonyl (C=O) groups is 6. The first-order valence-corrected chi connectivity index (χ1v) is 41.7. The highest BCUT2D eigenvalue weighted by molar-refractivity contribution is 5.83. The van der Waals surface area contributed by atoms with Crippen LogP contribution in [-0.2, 0) is 85.6 Å². The van der Waals surface area contributed by atoms with Gasteiger partial charge in [0.15, 0.2) is 0 Å². The third-order valence-corrected chi connectivity index (χ3v) is 24.7. The van der Waals surface area contributed by atoms with Gasteiger partial charge < -0.3 is 97.3 Å². The van der Waals surface area contributed by atoms with Gasteiger partial charge in [0.2, 0.25) is 12.8 Å². The summed E-state index contributed by atoms with van der Waals surface area (Å²) in [5.74, 6) is -6.41. The SMILES string of the molecule is CO[C@H]1C/C=C(C)/C=C/C(=O)O[C@H]([C@@H](C)[C@@H](O)[C@@H](C)CCC(=O)[C@H](C)[C@H](OC)[C@H](C)/C=C/N(C)C=O)[C@@H](C)[C@H](O)C[C@H](OC)[C@@](C)(O)[C@@H](OC)C[C@@H]2CC=C[C@@H](C1)O2.CO[C@H]1C/C=C(C)/C=C/C(=O)O[C@H]([C@@H](C)[C@@H](O)[C@@H](C)CCC(=O)[C@H](C)[C@H](OC)[C@H](C)/C=C/N(C)C=O)[C@@H](C)[C@H](O)C[C@H](OC)[C@H](CO)[C@@H](OC)C[C@@H]2CC=C[C@@H](C1)O2. The van der Waals surface area contributed by atoms with E-state index in [0.717, 1.165) is 11.1 Å². The second-order valence-corrected chi connectivity index (χ2v) is 33.4. The molecule has 0 aromatic rings. The fraction of sp³-hybridized carbons (Fsp3) is 0.756. The Balaban J connectivity index is 0.000000600. The molecule has 26 heteroatoms. The monoisotopic (exact) mass is 1640 g/mol. The minimum Gasteiger partial charge on any atom is -0.458 e. The van der Waals surface area contributed by atoms with Crippen LogP contribution in [0.5, 0.6) is 0 Å². The summed E-state index contributed by atoms with van der Waals surface area (Å²) in [6.07, 6.45) is 21.8. The van der Waals surface area contributed by atoms with E-state index >= 15 is 0 Å². The molecule has 0 saturated carbocycles. The fourth-order valence-corrected chi connectivity index (χ4v) is 16.5. The molecule has 0 aliphatic carbocycles. The van der Waals surface area contributed by atoms with Gasteiger partial charge in [0.1, 0.15) is 29.4 Å². The van der Waals surface area contributed by atoms with Gasteiger partial charge in [0.25, 0.3) is 0 Å². The van der Waals surface area contributed by atoms with E-state index in [0.29, 0.717) is 77.0 Å². The van der Waals surface area contributed by atoms with Crippen molar-refractivity contribution in [1.29, 1.82) is 0 Å². The van der Waals surface area contributed by atoms with E-state index in [9.17, 15) is 59.4 Å². The van der Waals surface area contributed by atoms with Crippen LogP contribution in [0.15, 0.2) is 96.5 Å². The summed E-state index contributed by atoms with van der Waals surface area (Å²) in [5.41, 5.74) is 0.119. The second-order valence-electron chi connectivity index (χ2n) is 33.4. The number of nitrogens with zero attached hydrogens (tertiary/aromatic N) is 2. The summed E-state index contributed by atoms with van der Waals surface area (Å²) in [7, 11) is 15.8. The Hall–Kier alpha value is -5.50. The Morgan fingerprint density at radius 2 is 0.931 bits per heavy atom. The van der Waals surface area contributed by atoms with Gasteiger partial charge in [-0.3, -0.25) is 19.2 Å². The molecule has 0 aromatic heterocycles. The van der Waals surface area contributed by atoms with Crippen molar-refractivity contribution < 1.29 is 116 Å². The highest BCUT2D eigenvalue weighted by Gasteiger charge is 2.47. The number of hydrogen-bond donors (Lipinski definition) is 6. The van der Waals surface area contributed by atoms with Crippen LogP contribution in [0.4, 0.5) is 0 Å². The van der Waals surface area contributed by atoms with Gasteiger partial charge in [-0.1, -0.05) is 141 Å². The molecule has 0 aromatic carbocycles. The normalized spacial score (nSPS) is 33.4. The molecule has 30 atom stereocenters. The van der Waals surface area contributed by atoms with Crippen LogP contribution in [0.3, 0.4) is 0 Å². The maximum atomic E-state index is 13.4. The minimum absolute atomic E-state index is 0.0181. The predicted molar refractivity (Wildman–Crippen MR) is 445 cm³/mol. The molecule has 0 spiro atoms. The number of amides is 2. The molecule has 0 radical (unpaired) electrons. The molecule has 4 bridgehead atoms. The van der Waals surface area contributed by atoms with Crippen LogP contribution in [0.25, 0.3) is 0 Å². The van der Waals surface area contributed by atoms with Crippen LogP contribution in [0, 0.1) is 65.1 Å². The summed E-state index contributed by atoms with van der Waals surface area (Å²) >= 11 is 0. The zero-order valence-electron chi connectivity index (χ0n) is 74.0. The van der Waals surface area contributed by atoms with Crippen molar-refractivity contribution >= 4 is 36.3 Å². The molecular formula is C90H150N2O24. The number of esters is 2. The molecule has 4 aliphatic rings. The van der Waals surface area contributed by atoms with Gasteiger partial charge in [0.05, 0.1) is 104 Å². The van der Waals surface area contributed by atoms with Gasteiger partial charge in [-0.2, -0.15) is 0 Å². The average molecular weight is 1640 g/mol. The average Bonchev–Trinajstić information content (AvgIpc) is 0.740. The number of fused-ring (bicyclic) bond motifs is 4. The Bertz CT molecular complexity index is 3130. The third-order valence-electron chi connectivity index (χ3n) is 24.7. The van der Waals surface area contributed by atoms with E-state index in [1.165, 1.54) is 43.3 Å². The second kappa shape index (κ2) is 54.0. The third kappa shape index (κ3) is 33.8. The number of ketones is 2. The van der Waals surface area contributed by atoms with E-state index in [1.807, 2.05) is 85.8 Å².